The Balaban J connectivity index is 1.42. The van der Waals surface area contributed by atoms with Gasteiger partial charge in [0.05, 0.1) is 72.8 Å². The van der Waals surface area contributed by atoms with Crippen molar-refractivity contribution in [2.45, 2.75) is 0 Å². The third-order valence-corrected chi connectivity index (χ3v) is 13.2. The van der Waals surface area contributed by atoms with E-state index in [1.54, 1.807) is 0 Å². The molecule has 2 heterocycles. The molecule has 0 aliphatic heterocycles. The monoisotopic (exact) mass is 780 g/mol. The molecule has 0 saturated carbocycles. The first-order valence-electron chi connectivity index (χ1n) is 35.2. The normalized spacial score (nSPS) is 20.9. The van der Waals surface area contributed by atoms with E-state index in [1.165, 1.54) is 0 Å². The number of fused-ring (bicyclic) bond motifs is 6. The van der Waals surface area contributed by atoms with Crippen LogP contribution in [-0.2, 0) is 0 Å². The van der Waals surface area contributed by atoms with Crippen LogP contribution in [0.3, 0.4) is 0 Å². The zero-order valence-corrected chi connectivity index (χ0v) is 29.5. The lowest BCUT2D eigenvalue weighted by molar-refractivity contribution is 1.17. The smallest absolute Gasteiger partial charge is 0.179 e. The maximum atomic E-state index is 10.3. The molecule has 11 aromatic rings. The van der Waals surface area contributed by atoms with Crippen LogP contribution in [-0.4, -0.2) is 17.2 Å². The topological polar surface area (TPSA) is 9.86 Å². The van der Waals surface area contributed by atoms with Gasteiger partial charge in [-0.3, -0.25) is 0 Å². The molecule has 9 aromatic carbocycles. The van der Waals surface area contributed by atoms with Crippen LogP contribution in [0.1, 0.15) is 50.7 Å². The quantitative estimate of drug-likeness (QED) is 0.113. The molecule has 0 radical (unpaired) electrons. The number of rotatable bonds is 7. The van der Waals surface area contributed by atoms with Crippen LogP contribution in [0.4, 0.5) is 0 Å². The molecular formula is C54H38N2Si. The van der Waals surface area contributed by atoms with E-state index in [2.05, 4.69) is 0 Å². The highest BCUT2D eigenvalue weighted by atomic mass is 28.3. The van der Waals surface area contributed by atoms with E-state index in [9.17, 15) is 23.3 Å². The van der Waals surface area contributed by atoms with Gasteiger partial charge >= 0.3 is 0 Å². The average Bonchev–Trinajstić information content (AvgIpc) is 0.796. The molecular weight excluding hydrogens is 705 g/mol. The number of para-hydroxylation sites is 3. The lowest BCUT2D eigenvalue weighted by Crippen LogP contribution is -2.74. The van der Waals surface area contributed by atoms with Crippen LogP contribution in [0.25, 0.3) is 66.1 Å². The largest absolute Gasteiger partial charge is 0.309 e. The predicted octanol–water partition coefficient (Wildman–Crippen LogP) is 10.9. The number of hydrogen-bond acceptors (Lipinski definition) is 0. The highest BCUT2D eigenvalue weighted by molar-refractivity contribution is 7.19. The van der Waals surface area contributed by atoms with Gasteiger partial charge in [-0.05, 0) is 80.2 Å². The van der Waals surface area contributed by atoms with Crippen molar-refractivity contribution in [1.29, 1.82) is 0 Å². The van der Waals surface area contributed by atoms with Crippen molar-refractivity contribution < 1.29 is 50.7 Å². The van der Waals surface area contributed by atoms with Gasteiger partial charge in [0.15, 0.2) is 8.07 Å². The lowest BCUT2D eigenvalue weighted by atomic mass is 10.1. The molecule has 0 aliphatic carbocycles. The minimum atomic E-state index is -6.74. The van der Waals surface area contributed by atoms with E-state index in [4.69, 9.17) is 27.4 Å². The van der Waals surface area contributed by atoms with Crippen LogP contribution in [0.15, 0.2) is 230 Å². The van der Waals surface area contributed by atoms with Crippen LogP contribution in [0, 0.1) is 0 Å². The Morgan fingerprint density at radius 1 is 0.298 bits per heavy atom. The van der Waals surface area contributed by atoms with Gasteiger partial charge < -0.3 is 9.13 Å². The zero-order valence-electron chi connectivity index (χ0n) is 65.5. The van der Waals surface area contributed by atoms with Crippen molar-refractivity contribution in [3.05, 3.63) is 230 Å². The van der Waals surface area contributed by atoms with Crippen molar-refractivity contribution >= 4 is 72.4 Å². The molecule has 0 amide bonds. The third kappa shape index (κ3) is 5.24. The van der Waals surface area contributed by atoms with Crippen molar-refractivity contribution in [2.75, 3.05) is 0 Å². The van der Waals surface area contributed by atoms with E-state index in [1.807, 2.05) is 0 Å². The summed E-state index contributed by atoms with van der Waals surface area (Å²) in [5.74, 6) is 0. The van der Waals surface area contributed by atoms with Crippen LogP contribution in [0.2, 0.25) is 0 Å². The highest BCUT2D eigenvalue weighted by Crippen LogP contribution is 2.36. The Hall–Kier alpha value is -7.20. The van der Waals surface area contributed by atoms with Crippen molar-refractivity contribution in [2.24, 2.45) is 0 Å². The summed E-state index contributed by atoms with van der Waals surface area (Å²) in [6.45, 7) is 0. The summed E-state index contributed by atoms with van der Waals surface area (Å²) in [5, 5.41) is -7.66. The fourth-order valence-electron chi connectivity index (χ4n) is 6.81. The average molecular weight is 780 g/mol. The Labute approximate surface area is 385 Å². The molecule has 0 fully saturated rings. The Morgan fingerprint density at radius 3 is 1.42 bits per heavy atom. The van der Waals surface area contributed by atoms with Gasteiger partial charge in [-0.2, -0.15) is 0 Å². The summed E-state index contributed by atoms with van der Waals surface area (Å²) in [6.07, 6.45) is 0. The van der Waals surface area contributed by atoms with Crippen LogP contribution in [0.5, 0.6) is 0 Å². The van der Waals surface area contributed by atoms with Crippen LogP contribution >= 0.6 is 0 Å². The molecule has 0 unspecified atom stereocenters. The van der Waals surface area contributed by atoms with Gasteiger partial charge in [0.2, 0.25) is 0 Å². The maximum absolute atomic E-state index is 10.3. The van der Waals surface area contributed by atoms with Gasteiger partial charge in [-0.15, -0.1) is 0 Å². The predicted molar refractivity (Wildman–Crippen MR) is 244 cm³/mol. The molecule has 3 heteroatoms. The molecule has 0 saturated heterocycles. The molecule has 57 heavy (non-hydrogen) atoms. The molecule has 11 rings (SSSR count). The fraction of sp³-hybridized carbons (Fsp3) is 0. The molecule has 2 nitrogen and oxygen atoms in total. The van der Waals surface area contributed by atoms with Crippen molar-refractivity contribution in [3.8, 4) is 22.5 Å². The maximum Gasteiger partial charge on any atom is 0.179 e. The van der Waals surface area contributed by atoms with Crippen molar-refractivity contribution in [3.63, 3.8) is 0 Å². The Morgan fingerprint density at radius 2 is 0.754 bits per heavy atom. The molecule has 0 N–H and O–H groups in total. The summed E-state index contributed by atoms with van der Waals surface area (Å²) in [7, 11) is -6.74. The Bertz CT molecular complexity index is 5230. The Kier molecular flexibility index (Phi) is 3.00. The molecule has 268 valence electrons. The fourth-order valence-corrected chi connectivity index (χ4v) is 10.4. The van der Waals surface area contributed by atoms with E-state index in [0.29, 0.717) is 4.57 Å². The van der Waals surface area contributed by atoms with E-state index in [0.717, 1.165) is 10.6 Å². The van der Waals surface area contributed by atoms with Gasteiger partial charge in [-0.1, -0.05) is 181 Å². The SMILES string of the molecule is [2H]c1cc2c(c([2H])c1[2H])c1c([2H])c([2H])c([2H])c([2H])c1n2-c1c([2H])c([2H])c2c(c1[2H])c1c([2H])c([2H])c([2H])c([2H])c1n2-c1c([2H])c([2H])c([Si](c2c([2H])c([2H])c([2H])c([2H])c2[2H])(c2c([2H])c([2H])c([2H])c([2H])c2[2H])c2c([2H])c([2H])c([2H])c(-c3c([2H])c([2H])c([2H])c([2H])c3[2H])c2[2H])c([2H])c1[2H]. The molecule has 0 spiro atoms. The lowest BCUT2D eigenvalue weighted by Gasteiger charge is -2.35. The number of nitrogens with zero attached hydrogens (tertiary/aromatic N) is 2. The second kappa shape index (κ2) is 13.5. The summed E-state index contributed by atoms with van der Waals surface area (Å²) < 4.78 is 344. The van der Waals surface area contributed by atoms with Gasteiger partial charge in [0.1, 0.15) is 0 Å². The summed E-state index contributed by atoms with van der Waals surface area (Å²) in [5.41, 5.74) is -6.89. The molecule has 0 atom stereocenters. The first-order valence-corrected chi connectivity index (χ1v) is 18.7. The molecule has 0 aliphatic rings. The van der Waals surface area contributed by atoms with E-state index in [-0.39, 0.29) is 10.9 Å². The number of aromatic nitrogens is 2. The summed E-state index contributed by atoms with van der Waals surface area (Å²) in [4.78, 5) is 0. The van der Waals surface area contributed by atoms with E-state index >= 15 is 0 Å². The first-order chi connectivity index (χ1) is 43.7. The highest BCUT2D eigenvalue weighted by Gasteiger charge is 2.41. The third-order valence-electron chi connectivity index (χ3n) is 9.19. The van der Waals surface area contributed by atoms with Gasteiger partial charge in [0, 0.05) is 32.9 Å². The standard InChI is InChI=1S/C54H38N2Si/c1-4-17-39(18-5-1)40-19-16-24-46(37-40)57(43-20-6-2-7-21-43,44-22-8-3-9-23-44)45-34-31-41(32-35-45)55-53-30-15-12-27-49(53)50-38-42(33-36-54(50)55)56-51-28-13-10-25-47(51)48-26-11-14-29-52(48)56/h1-38H/i1D,2D,3D,4D,5D,6D,7D,8D,9D,10D,11D,12D,13D,14D,15D,16D,17D,18D,19D,20D,21D,22D,23D,24D,25D,26D,27D,28D,30D,31D,32D,33D,34D,35D,36D,37D,38D. The summed E-state index contributed by atoms with van der Waals surface area (Å²) in [6, 6.07) is -42.3. The first kappa shape index (κ1) is 12.7. The molecule has 2 aromatic heterocycles. The minimum Gasteiger partial charge on any atom is -0.309 e. The number of benzene rings is 9. The van der Waals surface area contributed by atoms with E-state index < -0.39 is 308 Å². The van der Waals surface area contributed by atoms with Crippen LogP contribution < -0.4 is 20.7 Å². The summed E-state index contributed by atoms with van der Waals surface area (Å²) >= 11 is 0. The van der Waals surface area contributed by atoms with Gasteiger partial charge in [0.25, 0.3) is 0 Å². The van der Waals surface area contributed by atoms with Crippen molar-refractivity contribution in [1.82, 2.24) is 9.13 Å². The number of hydrogen-bond donors (Lipinski definition) is 0. The minimum absolute atomic E-state index is 0.386. The zero-order chi connectivity index (χ0) is 70.0. The second-order valence-corrected chi connectivity index (χ2v) is 15.6. The second-order valence-electron chi connectivity index (χ2n) is 12.1. The molecule has 0 bridgehead atoms. The van der Waals surface area contributed by atoms with Gasteiger partial charge in [-0.25, -0.2) is 0 Å².